The van der Waals surface area contributed by atoms with Gasteiger partial charge >= 0.3 is 12.0 Å². The number of hydrogen-bond donors (Lipinski definition) is 1. The molecule has 1 aliphatic heterocycles. The molecule has 1 aromatic heterocycles. The third kappa shape index (κ3) is 3.91. The SMILES string of the molecule is CN(CCc1ccncc1)C(=O)N1CCOCC1C(=O)O. The number of ether oxygens (including phenoxy) is 1. The van der Waals surface area contributed by atoms with Crippen molar-refractivity contribution in [2.24, 2.45) is 0 Å². The number of pyridine rings is 1. The Morgan fingerprint density at radius 3 is 2.86 bits per heavy atom. The van der Waals surface area contributed by atoms with Crippen molar-refractivity contribution in [1.82, 2.24) is 14.8 Å². The average Bonchev–Trinajstić information content (AvgIpc) is 2.52. The van der Waals surface area contributed by atoms with Gasteiger partial charge in [-0.15, -0.1) is 0 Å². The summed E-state index contributed by atoms with van der Waals surface area (Å²) < 4.78 is 5.13. The molecule has 0 bridgehead atoms. The van der Waals surface area contributed by atoms with Gasteiger partial charge in [0.2, 0.25) is 0 Å². The first-order valence-electron chi connectivity index (χ1n) is 6.81. The third-order valence-electron chi connectivity index (χ3n) is 3.47. The molecule has 0 aromatic carbocycles. The van der Waals surface area contributed by atoms with E-state index in [4.69, 9.17) is 9.84 Å². The summed E-state index contributed by atoms with van der Waals surface area (Å²) >= 11 is 0. The molecule has 1 aromatic rings. The number of morpholine rings is 1. The van der Waals surface area contributed by atoms with Crippen LogP contribution >= 0.6 is 0 Å². The van der Waals surface area contributed by atoms with Gasteiger partial charge in [0.15, 0.2) is 6.04 Å². The van der Waals surface area contributed by atoms with Crippen LogP contribution in [-0.2, 0) is 16.0 Å². The van der Waals surface area contributed by atoms with E-state index in [2.05, 4.69) is 4.98 Å². The van der Waals surface area contributed by atoms with Gasteiger partial charge in [-0.25, -0.2) is 9.59 Å². The van der Waals surface area contributed by atoms with Gasteiger partial charge in [-0.05, 0) is 24.1 Å². The molecule has 114 valence electrons. The monoisotopic (exact) mass is 293 g/mol. The molecule has 7 heteroatoms. The third-order valence-corrected chi connectivity index (χ3v) is 3.47. The largest absolute Gasteiger partial charge is 0.480 e. The van der Waals surface area contributed by atoms with Crippen LogP contribution in [-0.4, -0.2) is 71.3 Å². The molecule has 0 spiro atoms. The topological polar surface area (TPSA) is 83.0 Å². The van der Waals surface area contributed by atoms with Crippen molar-refractivity contribution in [2.45, 2.75) is 12.5 Å². The van der Waals surface area contributed by atoms with E-state index in [-0.39, 0.29) is 12.6 Å². The Hall–Kier alpha value is -2.15. The fourth-order valence-electron chi connectivity index (χ4n) is 2.20. The van der Waals surface area contributed by atoms with Crippen molar-refractivity contribution < 1.29 is 19.4 Å². The molecule has 1 aliphatic rings. The number of aliphatic carboxylic acids is 1. The smallest absolute Gasteiger partial charge is 0.328 e. The number of carboxylic acid groups (broad SMARTS) is 1. The summed E-state index contributed by atoms with van der Waals surface area (Å²) in [7, 11) is 1.68. The lowest BCUT2D eigenvalue weighted by atomic mass is 10.2. The zero-order chi connectivity index (χ0) is 15.2. The number of carbonyl (C=O) groups excluding carboxylic acids is 1. The standard InChI is InChI=1S/C14H19N3O4/c1-16(7-4-11-2-5-15-6-3-11)14(20)17-8-9-21-10-12(17)13(18)19/h2-3,5-6,12H,4,7-10H2,1H3,(H,18,19). The molecule has 2 rings (SSSR count). The highest BCUT2D eigenvalue weighted by molar-refractivity contribution is 5.83. The number of urea groups is 1. The van der Waals surface area contributed by atoms with Crippen LogP contribution in [0.15, 0.2) is 24.5 Å². The van der Waals surface area contributed by atoms with Gasteiger partial charge in [0.25, 0.3) is 0 Å². The lowest BCUT2D eigenvalue weighted by Crippen LogP contribution is -2.56. The maximum absolute atomic E-state index is 12.4. The number of nitrogens with zero attached hydrogens (tertiary/aromatic N) is 3. The maximum Gasteiger partial charge on any atom is 0.328 e. The van der Waals surface area contributed by atoms with Crippen molar-refractivity contribution in [3.8, 4) is 0 Å². The van der Waals surface area contributed by atoms with Gasteiger partial charge in [0.05, 0.1) is 13.2 Å². The summed E-state index contributed by atoms with van der Waals surface area (Å²) in [6, 6.07) is 2.61. The number of hydrogen-bond acceptors (Lipinski definition) is 4. The first-order chi connectivity index (χ1) is 10.1. The lowest BCUT2D eigenvalue weighted by molar-refractivity contribution is -0.147. The Labute approximate surface area is 123 Å². The number of carboxylic acids is 1. The van der Waals surface area contributed by atoms with E-state index in [1.165, 1.54) is 4.90 Å². The highest BCUT2D eigenvalue weighted by atomic mass is 16.5. The number of likely N-dealkylation sites (N-methyl/N-ethyl adjacent to an activating group) is 1. The summed E-state index contributed by atoms with van der Waals surface area (Å²) in [5.41, 5.74) is 1.08. The van der Waals surface area contributed by atoms with Gasteiger partial charge in [-0.2, -0.15) is 0 Å². The normalized spacial score (nSPS) is 18.3. The Kier molecular flexibility index (Phi) is 5.10. The summed E-state index contributed by atoms with van der Waals surface area (Å²) in [5, 5.41) is 9.15. The van der Waals surface area contributed by atoms with E-state index in [0.29, 0.717) is 26.1 Å². The molecule has 2 heterocycles. The summed E-state index contributed by atoms with van der Waals surface area (Å²) in [6.45, 7) is 1.23. The molecular weight excluding hydrogens is 274 g/mol. The van der Waals surface area contributed by atoms with E-state index in [1.807, 2.05) is 12.1 Å². The van der Waals surface area contributed by atoms with E-state index in [0.717, 1.165) is 5.56 Å². The van der Waals surface area contributed by atoms with Crippen molar-refractivity contribution in [3.63, 3.8) is 0 Å². The molecule has 1 N–H and O–H groups in total. The molecule has 21 heavy (non-hydrogen) atoms. The van der Waals surface area contributed by atoms with Crippen LogP contribution in [0.1, 0.15) is 5.56 Å². The molecule has 0 aliphatic carbocycles. The van der Waals surface area contributed by atoms with Gasteiger partial charge in [-0.3, -0.25) is 4.98 Å². The second-order valence-corrected chi connectivity index (χ2v) is 4.93. The molecular formula is C14H19N3O4. The fraction of sp³-hybridized carbons (Fsp3) is 0.500. The highest BCUT2D eigenvalue weighted by Gasteiger charge is 2.34. The first-order valence-corrected chi connectivity index (χ1v) is 6.81. The fourth-order valence-corrected chi connectivity index (χ4v) is 2.20. The predicted molar refractivity (Wildman–Crippen MR) is 74.9 cm³/mol. The molecule has 1 unspecified atom stereocenters. The van der Waals surface area contributed by atoms with E-state index >= 15 is 0 Å². The van der Waals surface area contributed by atoms with Crippen molar-refractivity contribution >= 4 is 12.0 Å². The zero-order valence-electron chi connectivity index (χ0n) is 11.9. The molecule has 1 atom stereocenters. The van der Waals surface area contributed by atoms with Crippen LogP contribution in [0.3, 0.4) is 0 Å². The number of rotatable bonds is 4. The van der Waals surface area contributed by atoms with Crippen LogP contribution in [0.25, 0.3) is 0 Å². The molecule has 1 fully saturated rings. The second-order valence-electron chi connectivity index (χ2n) is 4.93. The van der Waals surface area contributed by atoms with E-state index < -0.39 is 12.0 Å². The molecule has 0 saturated carbocycles. The van der Waals surface area contributed by atoms with E-state index in [9.17, 15) is 9.59 Å². The Morgan fingerprint density at radius 2 is 2.19 bits per heavy atom. The van der Waals surface area contributed by atoms with Crippen molar-refractivity contribution in [2.75, 3.05) is 33.4 Å². The number of aromatic nitrogens is 1. The van der Waals surface area contributed by atoms with Crippen LogP contribution in [0, 0.1) is 0 Å². The van der Waals surface area contributed by atoms with Crippen LogP contribution in [0.2, 0.25) is 0 Å². The molecule has 7 nitrogen and oxygen atoms in total. The van der Waals surface area contributed by atoms with Gasteiger partial charge < -0.3 is 19.6 Å². The molecule has 0 radical (unpaired) electrons. The van der Waals surface area contributed by atoms with Crippen LogP contribution in [0.4, 0.5) is 4.79 Å². The number of carbonyl (C=O) groups is 2. The summed E-state index contributed by atoms with van der Waals surface area (Å²) in [4.78, 5) is 30.4. The average molecular weight is 293 g/mol. The highest BCUT2D eigenvalue weighted by Crippen LogP contribution is 2.10. The van der Waals surface area contributed by atoms with E-state index in [1.54, 1.807) is 24.3 Å². The van der Waals surface area contributed by atoms with Crippen LogP contribution in [0.5, 0.6) is 0 Å². The van der Waals surface area contributed by atoms with Crippen molar-refractivity contribution in [1.29, 1.82) is 0 Å². The summed E-state index contributed by atoms with van der Waals surface area (Å²) in [5.74, 6) is -1.04. The minimum Gasteiger partial charge on any atom is -0.480 e. The predicted octanol–water partition coefficient (Wildman–Crippen LogP) is 0.461. The minimum atomic E-state index is -1.04. The first kappa shape index (κ1) is 15.2. The Bertz CT molecular complexity index is 494. The quantitative estimate of drug-likeness (QED) is 0.872. The maximum atomic E-state index is 12.4. The molecule has 1 saturated heterocycles. The van der Waals surface area contributed by atoms with Gasteiger partial charge in [0, 0.05) is 32.5 Å². The van der Waals surface area contributed by atoms with Crippen molar-refractivity contribution in [3.05, 3.63) is 30.1 Å². The van der Waals surface area contributed by atoms with Crippen LogP contribution < -0.4 is 0 Å². The van der Waals surface area contributed by atoms with Gasteiger partial charge in [-0.1, -0.05) is 0 Å². The number of amides is 2. The zero-order valence-corrected chi connectivity index (χ0v) is 11.9. The lowest BCUT2D eigenvalue weighted by Gasteiger charge is -2.35. The molecule has 2 amide bonds. The Balaban J connectivity index is 1.93. The minimum absolute atomic E-state index is 0.0409. The summed E-state index contributed by atoms with van der Waals surface area (Å²) in [6.07, 6.45) is 4.12. The Morgan fingerprint density at radius 1 is 1.48 bits per heavy atom. The van der Waals surface area contributed by atoms with Gasteiger partial charge in [0.1, 0.15) is 0 Å². The second kappa shape index (κ2) is 7.03.